The SMILES string of the molecule is O=C(c1ccccc1)N1N=C2COc3ccccc3N2S1=O. The maximum Gasteiger partial charge on any atom is 0.287 e. The van der Waals surface area contributed by atoms with Crippen molar-refractivity contribution in [3.05, 3.63) is 60.2 Å². The van der Waals surface area contributed by atoms with Gasteiger partial charge in [-0.3, -0.25) is 4.79 Å². The van der Waals surface area contributed by atoms with Gasteiger partial charge in [0.2, 0.25) is 0 Å². The fourth-order valence-corrected chi connectivity index (χ4v) is 3.51. The Kier molecular flexibility index (Phi) is 2.93. The van der Waals surface area contributed by atoms with Gasteiger partial charge in [-0.15, -0.1) is 9.52 Å². The lowest BCUT2D eigenvalue weighted by Gasteiger charge is -2.25. The van der Waals surface area contributed by atoms with Crippen LogP contribution in [0.5, 0.6) is 5.75 Å². The van der Waals surface area contributed by atoms with Gasteiger partial charge in [0.05, 0.1) is 0 Å². The summed E-state index contributed by atoms with van der Waals surface area (Å²) in [6.45, 7) is 0.182. The molecule has 2 heterocycles. The van der Waals surface area contributed by atoms with Gasteiger partial charge in [-0.2, -0.15) is 0 Å². The summed E-state index contributed by atoms with van der Waals surface area (Å²) < 4.78 is 20.8. The zero-order valence-electron chi connectivity index (χ0n) is 11.4. The molecule has 1 unspecified atom stereocenters. The van der Waals surface area contributed by atoms with Crippen LogP contribution in [0.4, 0.5) is 5.69 Å². The third kappa shape index (κ3) is 1.90. The van der Waals surface area contributed by atoms with Crippen LogP contribution in [0.25, 0.3) is 0 Å². The number of benzene rings is 2. The van der Waals surface area contributed by atoms with E-state index in [1.165, 1.54) is 4.31 Å². The molecular formula is C15H11N3O3S. The Morgan fingerprint density at radius 3 is 2.64 bits per heavy atom. The molecule has 0 fully saturated rings. The summed E-state index contributed by atoms with van der Waals surface area (Å²) in [6.07, 6.45) is 0. The van der Waals surface area contributed by atoms with Crippen molar-refractivity contribution in [2.24, 2.45) is 5.10 Å². The highest BCUT2D eigenvalue weighted by molar-refractivity contribution is 7.86. The standard InChI is InChI=1S/C15H11N3O3S/c19-15(11-6-2-1-3-7-11)18-16-14-10-21-13-9-5-4-8-12(13)17(14)22(18)20/h1-9H,10H2. The van der Waals surface area contributed by atoms with E-state index in [0.717, 1.165) is 4.41 Å². The third-order valence-corrected chi connectivity index (χ3v) is 4.64. The lowest BCUT2D eigenvalue weighted by atomic mass is 10.2. The van der Waals surface area contributed by atoms with Crippen molar-refractivity contribution in [1.82, 2.24) is 4.41 Å². The van der Waals surface area contributed by atoms with Crippen molar-refractivity contribution in [3.63, 3.8) is 0 Å². The van der Waals surface area contributed by atoms with Crippen LogP contribution in [0.15, 0.2) is 59.7 Å². The Balaban J connectivity index is 1.71. The van der Waals surface area contributed by atoms with Crippen molar-refractivity contribution in [1.29, 1.82) is 0 Å². The molecule has 1 atom stereocenters. The predicted octanol–water partition coefficient (Wildman–Crippen LogP) is 1.93. The molecule has 0 saturated carbocycles. The number of nitrogens with zero attached hydrogens (tertiary/aromatic N) is 3. The average Bonchev–Trinajstić information content (AvgIpc) is 2.92. The number of rotatable bonds is 1. The molecule has 0 radical (unpaired) electrons. The third-order valence-electron chi connectivity index (χ3n) is 3.38. The van der Waals surface area contributed by atoms with Crippen molar-refractivity contribution in [2.75, 3.05) is 10.9 Å². The Morgan fingerprint density at radius 1 is 1.09 bits per heavy atom. The summed E-state index contributed by atoms with van der Waals surface area (Å²) in [4.78, 5) is 12.5. The molecule has 0 aliphatic carbocycles. The van der Waals surface area contributed by atoms with Gasteiger partial charge in [-0.1, -0.05) is 30.3 Å². The van der Waals surface area contributed by atoms with Gasteiger partial charge in [0.1, 0.15) is 18.0 Å². The number of amides is 1. The smallest absolute Gasteiger partial charge is 0.287 e. The predicted molar refractivity (Wildman–Crippen MR) is 82.6 cm³/mol. The van der Waals surface area contributed by atoms with Crippen LogP contribution < -0.4 is 9.04 Å². The lowest BCUT2D eigenvalue weighted by molar-refractivity contribution is 0.0872. The van der Waals surface area contributed by atoms with Gasteiger partial charge in [-0.05, 0) is 24.3 Å². The second-order valence-corrected chi connectivity index (χ2v) is 5.91. The Labute approximate surface area is 129 Å². The second kappa shape index (κ2) is 4.96. The van der Waals surface area contributed by atoms with Crippen molar-refractivity contribution in [3.8, 4) is 5.75 Å². The molecule has 22 heavy (non-hydrogen) atoms. The molecule has 0 aromatic heterocycles. The minimum Gasteiger partial charge on any atom is -0.483 e. The zero-order valence-corrected chi connectivity index (χ0v) is 12.2. The van der Waals surface area contributed by atoms with Crippen LogP contribution in [0, 0.1) is 0 Å². The number of carbonyl (C=O) groups is 1. The topological polar surface area (TPSA) is 62.2 Å². The molecule has 7 heteroatoms. The number of anilines is 1. The van der Waals surface area contributed by atoms with Crippen molar-refractivity contribution in [2.45, 2.75) is 0 Å². The van der Waals surface area contributed by atoms with Crippen LogP contribution in [-0.2, 0) is 11.2 Å². The second-order valence-electron chi connectivity index (χ2n) is 4.74. The number of ether oxygens (including phenoxy) is 1. The van der Waals surface area contributed by atoms with Crippen molar-refractivity contribution >= 4 is 28.6 Å². The minimum absolute atomic E-state index is 0.182. The fourth-order valence-electron chi connectivity index (χ4n) is 2.36. The van der Waals surface area contributed by atoms with Crippen LogP contribution in [0.3, 0.4) is 0 Å². The van der Waals surface area contributed by atoms with Gasteiger partial charge < -0.3 is 4.74 Å². The van der Waals surface area contributed by atoms with Crippen LogP contribution >= 0.6 is 0 Å². The summed E-state index contributed by atoms with van der Waals surface area (Å²) in [5.74, 6) is 0.684. The lowest BCUT2D eigenvalue weighted by Crippen LogP contribution is -2.38. The van der Waals surface area contributed by atoms with Gasteiger partial charge in [0, 0.05) is 5.56 Å². The molecule has 6 nitrogen and oxygen atoms in total. The van der Waals surface area contributed by atoms with Crippen LogP contribution in [0.1, 0.15) is 10.4 Å². The highest BCUT2D eigenvalue weighted by Crippen LogP contribution is 2.36. The number of hydrogen-bond donors (Lipinski definition) is 0. The first-order valence-electron chi connectivity index (χ1n) is 6.66. The maximum absolute atomic E-state index is 12.7. The van der Waals surface area contributed by atoms with E-state index in [2.05, 4.69) is 5.10 Å². The molecule has 2 aromatic carbocycles. The number of carbonyl (C=O) groups excluding carboxylic acids is 1. The molecule has 0 spiro atoms. The number of hydrazone groups is 1. The number of fused-ring (bicyclic) bond motifs is 3. The first kappa shape index (κ1) is 13.0. The largest absolute Gasteiger partial charge is 0.483 e. The van der Waals surface area contributed by atoms with E-state index in [0.29, 0.717) is 22.8 Å². The van der Waals surface area contributed by atoms with E-state index < -0.39 is 17.1 Å². The molecule has 110 valence electrons. The molecule has 0 saturated heterocycles. The van der Waals surface area contributed by atoms with Gasteiger partial charge in [0.15, 0.2) is 5.84 Å². The van der Waals surface area contributed by atoms with E-state index in [4.69, 9.17) is 4.74 Å². The van der Waals surface area contributed by atoms with Gasteiger partial charge in [0.25, 0.3) is 17.1 Å². The molecule has 2 aliphatic rings. The molecule has 2 aliphatic heterocycles. The Morgan fingerprint density at radius 2 is 1.82 bits per heavy atom. The Bertz CT molecular complexity index is 807. The molecule has 1 amide bonds. The molecule has 4 rings (SSSR count). The molecule has 0 bridgehead atoms. The quantitative estimate of drug-likeness (QED) is 0.808. The van der Waals surface area contributed by atoms with E-state index in [1.54, 1.807) is 36.4 Å². The minimum atomic E-state index is -1.74. The average molecular weight is 313 g/mol. The summed E-state index contributed by atoms with van der Waals surface area (Å²) in [5, 5.41) is 4.17. The number of amidine groups is 1. The van der Waals surface area contributed by atoms with Gasteiger partial charge >= 0.3 is 0 Å². The van der Waals surface area contributed by atoms with E-state index >= 15 is 0 Å². The summed E-state index contributed by atoms with van der Waals surface area (Å²) >= 11 is -1.74. The number of para-hydroxylation sites is 2. The summed E-state index contributed by atoms with van der Waals surface area (Å²) in [5.41, 5.74) is 1.09. The zero-order chi connectivity index (χ0) is 15.1. The first-order valence-corrected chi connectivity index (χ1v) is 7.73. The molecule has 2 aromatic rings. The molecule has 0 N–H and O–H groups in total. The summed E-state index contributed by atoms with van der Waals surface area (Å²) in [7, 11) is 0. The van der Waals surface area contributed by atoms with E-state index in [-0.39, 0.29) is 6.61 Å². The first-order chi connectivity index (χ1) is 10.8. The van der Waals surface area contributed by atoms with E-state index in [1.807, 2.05) is 18.2 Å². The van der Waals surface area contributed by atoms with Crippen LogP contribution in [-0.4, -0.2) is 27.0 Å². The molecular weight excluding hydrogens is 302 g/mol. The normalized spacial score (nSPS) is 19.1. The number of hydrogen-bond acceptors (Lipinski definition) is 4. The maximum atomic E-state index is 12.7. The van der Waals surface area contributed by atoms with Gasteiger partial charge in [-0.25, -0.2) is 8.51 Å². The van der Waals surface area contributed by atoms with E-state index in [9.17, 15) is 9.00 Å². The van der Waals surface area contributed by atoms with Crippen molar-refractivity contribution < 1.29 is 13.7 Å². The monoisotopic (exact) mass is 313 g/mol. The Hall–Kier alpha value is -2.67. The highest BCUT2D eigenvalue weighted by atomic mass is 32.2. The van der Waals surface area contributed by atoms with Crippen LogP contribution in [0.2, 0.25) is 0 Å². The fraction of sp³-hybridized carbons (Fsp3) is 0.0667. The summed E-state index contributed by atoms with van der Waals surface area (Å²) in [6, 6.07) is 15.9. The highest BCUT2D eigenvalue weighted by Gasteiger charge is 2.40.